The van der Waals surface area contributed by atoms with Crippen molar-refractivity contribution in [2.24, 2.45) is 0 Å². The highest BCUT2D eigenvalue weighted by atomic mass is 16.6. The molecule has 0 aromatic carbocycles. The summed E-state index contributed by atoms with van der Waals surface area (Å²) >= 11 is 0. The molecule has 0 aromatic heterocycles. The normalized spacial score (nSPS) is 12.2. The van der Waals surface area contributed by atoms with Gasteiger partial charge in [-0.15, -0.1) is 0 Å². The second-order valence-corrected chi connectivity index (χ2v) is 22.7. The fraction of sp³-hybridized carbons (Fsp3) is 0.870. The Morgan fingerprint density at radius 2 is 0.480 bits per heavy atom. The molecule has 440 valence electrons. The summed E-state index contributed by atoms with van der Waals surface area (Å²) in [6.07, 6.45) is 78.7. The van der Waals surface area contributed by atoms with Crippen molar-refractivity contribution in [1.82, 2.24) is 0 Å². The van der Waals surface area contributed by atoms with E-state index in [1.54, 1.807) is 0 Å². The number of esters is 3. The minimum Gasteiger partial charge on any atom is -0.462 e. The Morgan fingerprint density at radius 1 is 0.267 bits per heavy atom. The number of carbonyl (C=O) groups is 3. The first-order chi connectivity index (χ1) is 37.0. The van der Waals surface area contributed by atoms with Crippen molar-refractivity contribution < 1.29 is 28.6 Å². The van der Waals surface area contributed by atoms with Gasteiger partial charge in [-0.2, -0.15) is 0 Å². The Balaban J connectivity index is 4.29. The third-order valence-corrected chi connectivity index (χ3v) is 15.1. The van der Waals surface area contributed by atoms with Gasteiger partial charge in [-0.1, -0.05) is 308 Å². The average molecular weight is 1050 g/mol. The lowest BCUT2D eigenvalue weighted by atomic mass is 10.0. The standard InChI is InChI=1S/C69H128O6/c1-4-7-10-13-16-19-22-25-28-30-32-33-34-35-37-38-41-44-47-50-53-56-59-62-68(71)74-65-66(64-73-67(70)61-58-55-52-49-46-43-40-27-24-21-18-15-12-9-6-3)75-69(72)63-60-57-54-51-48-45-42-39-36-31-29-26-23-20-17-14-11-8-5-2/h17,20,26-27,29,40,66H,4-16,18-19,21-25,28,30-39,41-65H2,1-3H3/b20-17-,29-26-,40-27-. The third-order valence-electron chi connectivity index (χ3n) is 15.1. The quantitative estimate of drug-likeness (QED) is 0.0261. The van der Waals surface area contributed by atoms with Crippen molar-refractivity contribution in [2.75, 3.05) is 13.2 Å². The summed E-state index contributed by atoms with van der Waals surface area (Å²) in [6, 6.07) is 0. The molecule has 0 heterocycles. The van der Waals surface area contributed by atoms with E-state index >= 15 is 0 Å². The van der Waals surface area contributed by atoms with Crippen LogP contribution < -0.4 is 0 Å². The summed E-state index contributed by atoms with van der Waals surface area (Å²) in [5.41, 5.74) is 0. The van der Waals surface area contributed by atoms with Crippen molar-refractivity contribution in [3.05, 3.63) is 36.5 Å². The van der Waals surface area contributed by atoms with E-state index in [0.717, 1.165) is 70.6 Å². The highest BCUT2D eigenvalue weighted by Gasteiger charge is 2.19. The van der Waals surface area contributed by atoms with Crippen molar-refractivity contribution >= 4 is 17.9 Å². The van der Waals surface area contributed by atoms with Crippen molar-refractivity contribution in [3.63, 3.8) is 0 Å². The second kappa shape index (κ2) is 64.2. The molecule has 6 heteroatoms. The van der Waals surface area contributed by atoms with Crippen LogP contribution in [0.1, 0.15) is 367 Å². The summed E-state index contributed by atoms with van der Waals surface area (Å²) in [6.45, 7) is 6.67. The van der Waals surface area contributed by atoms with Gasteiger partial charge < -0.3 is 14.2 Å². The molecule has 0 fully saturated rings. The van der Waals surface area contributed by atoms with Crippen LogP contribution >= 0.6 is 0 Å². The molecule has 0 N–H and O–H groups in total. The number of hydrogen-bond acceptors (Lipinski definition) is 6. The van der Waals surface area contributed by atoms with Crippen molar-refractivity contribution in [2.45, 2.75) is 374 Å². The number of hydrogen-bond donors (Lipinski definition) is 0. The summed E-state index contributed by atoms with van der Waals surface area (Å²) in [7, 11) is 0. The molecule has 1 atom stereocenters. The topological polar surface area (TPSA) is 78.9 Å². The van der Waals surface area contributed by atoms with E-state index in [-0.39, 0.29) is 31.1 Å². The summed E-state index contributed by atoms with van der Waals surface area (Å²) in [5.74, 6) is -0.859. The van der Waals surface area contributed by atoms with Crippen LogP contribution in [0.5, 0.6) is 0 Å². The van der Waals surface area contributed by atoms with E-state index in [2.05, 4.69) is 57.2 Å². The molecule has 0 aromatic rings. The number of carbonyl (C=O) groups excluding carboxylic acids is 3. The Kier molecular flexibility index (Phi) is 62.1. The minimum absolute atomic E-state index is 0.0720. The van der Waals surface area contributed by atoms with Gasteiger partial charge >= 0.3 is 17.9 Å². The average Bonchev–Trinajstić information content (AvgIpc) is 3.41. The molecule has 0 rings (SSSR count). The highest BCUT2D eigenvalue weighted by molar-refractivity contribution is 5.71. The summed E-state index contributed by atoms with van der Waals surface area (Å²) in [5, 5.41) is 0. The fourth-order valence-corrected chi connectivity index (χ4v) is 10.1. The van der Waals surface area contributed by atoms with Crippen molar-refractivity contribution in [3.8, 4) is 0 Å². The lowest BCUT2D eigenvalue weighted by Gasteiger charge is -2.18. The molecule has 0 radical (unpaired) electrons. The SMILES string of the molecule is CCCCC/C=C\C/C=C\CCCCCCCCCCCC(=O)OC(COC(=O)CCCCCCC/C=C\CCCCCCCC)COC(=O)CCCCCCCCCCCCCCCCCCCCCCCCC. The van der Waals surface area contributed by atoms with Crippen LogP contribution in [0.2, 0.25) is 0 Å². The van der Waals surface area contributed by atoms with Crippen LogP contribution in [-0.4, -0.2) is 37.2 Å². The monoisotopic (exact) mass is 1050 g/mol. The largest absolute Gasteiger partial charge is 0.462 e. The van der Waals surface area contributed by atoms with E-state index in [1.807, 2.05) is 0 Å². The molecular weight excluding hydrogens is 925 g/mol. The van der Waals surface area contributed by atoms with E-state index in [0.29, 0.717) is 19.3 Å². The highest BCUT2D eigenvalue weighted by Crippen LogP contribution is 2.18. The number of unbranched alkanes of at least 4 members (excludes halogenated alkanes) is 45. The molecular formula is C69H128O6. The zero-order chi connectivity index (χ0) is 54.3. The van der Waals surface area contributed by atoms with E-state index in [9.17, 15) is 14.4 Å². The first-order valence-corrected chi connectivity index (χ1v) is 33.5. The minimum atomic E-state index is -0.776. The maximum atomic E-state index is 12.9. The van der Waals surface area contributed by atoms with Gasteiger partial charge in [-0.05, 0) is 77.0 Å². The smallest absolute Gasteiger partial charge is 0.306 e. The molecule has 6 nitrogen and oxygen atoms in total. The Morgan fingerprint density at radius 3 is 0.773 bits per heavy atom. The third kappa shape index (κ3) is 62.4. The van der Waals surface area contributed by atoms with Gasteiger partial charge in [0.1, 0.15) is 13.2 Å². The predicted octanol–water partition coefficient (Wildman–Crippen LogP) is 22.8. The molecule has 0 aliphatic rings. The van der Waals surface area contributed by atoms with Crippen LogP contribution in [0.4, 0.5) is 0 Å². The van der Waals surface area contributed by atoms with Gasteiger partial charge in [0.2, 0.25) is 0 Å². The van der Waals surface area contributed by atoms with E-state index < -0.39 is 6.10 Å². The van der Waals surface area contributed by atoms with Crippen LogP contribution in [0.25, 0.3) is 0 Å². The number of rotatable bonds is 62. The van der Waals surface area contributed by atoms with Crippen LogP contribution in [0.15, 0.2) is 36.5 Å². The number of allylic oxidation sites excluding steroid dienone is 6. The lowest BCUT2D eigenvalue weighted by molar-refractivity contribution is -0.167. The second-order valence-electron chi connectivity index (χ2n) is 22.7. The molecule has 0 aliphatic heterocycles. The predicted molar refractivity (Wildman–Crippen MR) is 326 cm³/mol. The van der Waals surface area contributed by atoms with Crippen molar-refractivity contribution in [1.29, 1.82) is 0 Å². The van der Waals surface area contributed by atoms with Gasteiger partial charge in [-0.3, -0.25) is 14.4 Å². The molecule has 0 spiro atoms. The van der Waals surface area contributed by atoms with Gasteiger partial charge in [0.05, 0.1) is 0 Å². The zero-order valence-corrected chi connectivity index (χ0v) is 50.6. The summed E-state index contributed by atoms with van der Waals surface area (Å²) < 4.78 is 17.0. The Bertz CT molecular complexity index is 1250. The lowest BCUT2D eigenvalue weighted by Crippen LogP contribution is -2.30. The molecule has 0 aliphatic carbocycles. The molecule has 0 bridgehead atoms. The van der Waals surface area contributed by atoms with Gasteiger partial charge in [0, 0.05) is 19.3 Å². The van der Waals surface area contributed by atoms with E-state index in [1.165, 1.54) is 257 Å². The molecule has 75 heavy (non-hydrogen) atoms. The molecule has 0 saturated heterocycles. The first kappa shape index (κ1) is 72.6. The van der Waals surface area contributed by atoms with Gasteiger partial charge in [0.15, 0.2) is 6.10 Å². The van der Waals surface area contributed by atoms with Gasteiger partial charge in [-0.25, -0.2) is 0 Å². The summed E-state index contributed by atoms with van der Waals surface area (Å²) in [4.78, 5) is 38.4. The van der Waals surface area contributed by atoms with Gasteiger partial charge in [0.25, 0.3) is 0 Å². The molecule has 0 saturated carbocycles. The molecule has 0 amide bonds. The Hall–Kier alpha value is -2.37. The maximum absolute atomic E-state index is 12.9. The number of ether oxygens (including phenoxy) is 3. The van der Waals surface area contributed by atoms with E-state index in [4.69, 9.17) is 14.2 Å². The molecule has 1 unspecified atom stereocenters. The van der Waals surface area contributed by atoms with Crippen LogP contribution in [-0.2, 0) is 28.6 Å². The maximum Gasteiger partial charge on any atom is 0.306 e. The fourth-order valence-electron chi connectivity index (χ4n) is 10.1. The zero-order valence-electron chi connectivity index (χ0n) is 50.6. The first-order valence-electron chi connectivity index (χ1n) is 33.5. The van der Waals surface area contributed by atoms with Crippen LogP contribution in [0, 0.1) is 0 Å². The van der Waals surface area contributed by atoms with Crippen LogP contribution in [0.3, 0.4) is 0 Å². The Labute approximate surface area is 467 Å².